The summed E-state index contributed by atoms with van der Waals surface area (Å²) < 4.78 is 5.09. The lowest BCUT2D eigenvalue weighted by molar-refractivity contribution is 0.183. The minimum Gasteiger partial charge on any atom is -0.385 e. The number of hydrogen-bond donors (Lipinski definition) is 0. The second-order valence-corrected chi connectivity index (χ2v) is 5.20. The van der Waals surface area contributed by atoms with Crippen LogP contribution < -0.4 is 4.90 Å². The molecule has 0 amide bonds. The predicted octanol–water partition coefficient (Wildman–Crippen LogP) is 2.77. The van der Waals surface area contributed by atoms with E-state index in [1.807, 2.05) is 0 Å². The molecule has 0 N–H and O–H groups in total. The summed E-state index contributed by atoms with van der Waals surface area (Å²) in [5.41, 5.74) is 0. The zero-order chi connectivity index (χ0) is 12.8. The summed E-state index contributed by atoms with van der Waals surface area (Å²) in [6.07, 6.45) is 8.19. The van der Waals surface area contributed by atoms with Crippen molar-refractivity contribution < 1.29 is 4.74 Å². The standard InChI is InChI=1S/C13H20ClN3O/c1-18-8-2-3-11-4-6-17(7-5-11)13-15-9-12(14)10-16-13/h9-11H,2-8H2,1H3. The normalized spacial score (nSPS) is 17.1. The molecule has 0 atom stereocenters. The van der Waals surface area contributed by atoms with Crippen molar-refractivity contribution in [2.24, 2.45) is 5.92 Å². The van der Waals surface area contributed by atoms with Crippen molar-refractivity contribution in [1.82, 2.24) is 9.97 Å². The van der Waals surface area contributed by atoms with Gasteiger partial charge in [0.05, 0.1) is 17.4 Å². The first-order chi connectivity index (χ1) is 8.79. The van der Waals surface area contributed by atoms with Gasteiger partial charge in [0.25, 0.3) is 0 Å². The van der Waals surface area contributed by atoms with Crippen molar-refractivity contribution in [3.63, 3.8) is 0 Å². The Morgan fingerprint density at radius 2 is 2.00 bits per heavy atom. The molecule has 100 valence electrons. The van der Waals surface area contributed by atoms with Crippen LogP contribution in [-0.2, 0) is 4.74 Å². The molecule has 1 aliphatic rings. The molecule has 5 heteroatoms. The molecular formula is C13H20ClN3O. The molecule has 0 radical (unpaired) electrons. The van der Waals surface area contributed by atoms with E-state index in [0.717, 1.165) is 31.6 Å². The van der Waals surface area contributed by atoms with Crippen LogP contribution in [0.4, 0.5) is 5.95 Å². The zero-order valence-corrected chi connectivity index (χ0v) is 11.6. The number of hydrogen-bond acceptors (Lipinski definition) is 4. The van der Waals surface area contributed by atoms with Gasteiger partial charge in [-0.2, -0.15) is 0 Å². The van der Waals surface area contributed by atoms with Crippen LogP contribution in [0.15, 0.2) is 12.4 Å². The van der Waals surface area contributed by atoms with Crippen LogP contribution in [-0.4, -0.2) is 36.8 Å². The van der Waals surface area contributed by atoms with Crippen LogP contribution in [0.1, 0.15) is 25.7 Å². The van der Waals surface area contributed by atoms with Gasteiger partial charge in [-0.1, -0.05) is 11.6 Å². The Labute approximate surface area is 113 Å². The topological polar surface area (TPSA) is 38.2 Å². The first-order valence-electron chi connectivity index (χ1n) is 6.51. The second-order valence-electron chi connectivity index (χ2n) is 4.77. The van der Waals surface area contributed by atoms with Gasteiger partial charge in [0, 0.05) is 26.8 Å². The Morgan fingerprint density at radius 1 is 1.33 bits per heavy atom. The molecule has 4 nitrogen and oxygen atoms in total. The zero-order valence-electron chi connectivity index (χ0n) is 10.8. The summed E-state index contributed by atoms with van der Waals surface area (Å²) in [6.45, 7) is 2.96. The number of halogens is 1. The molecule has 2 rings (SSSR count). The van der Waals surface area contributed by atoms with E-state index in [2.05, 4.69) is 14.9 Å². The second kappa shape index (κ2) is 6.90. The molecule has 1 aromatic rings. The van der Waals surface area contributed by atoms with Crippen LogP contribution in [0, 0.1) is 5.92 Å². The fourth-order valence-corrected chi connectivity index (χ4v) is 2.50. The average Bonchev–Trinajstić information content (AvgIpc) is 2.41. The van der Waals surface area contributed by atoms with Gasteiger partial charge in [-0.3, -0.25) is 0 Å². The molecule has 1 aromatic heterocycles. The molecule has 1 saturated heterocycles. The molecule has 1 aliphatic heterocycles. The summed E-state index contributed by atoms with van der Waals surface area (Å²) in [6, 6.07) is 0. The Balaban J connectivity index is 1.77. The van der Waals surface area contributed by atoms with Crippen LogP contribution in [0.2, 0.25) is 5.02 Å². The smallest absolute Gasteiger partial charge is 0.225 e. The van der Waals surface area contributed by atoms with Gasteiger partial charge < -0.3 is 9.64 Å². The van der Waals surface area contributed by atoms with Crippen molar-refractivity contribution in [2.75, 3.05) is 31.7 Å². The number of aromatic nitrogens is 2. The summed E-state index contributed by atoms with van der Waals surface area (Å²) in [5, 5.41) is 0.591. The third-order valence-corrected chi connectivity index (χ3v) is 3.66. The maximum atomic E-state index is 5.79. The van der Waals surface area contributed by atoms with Crippen molar-refractivity contribution in [3.8, 4) is 0 Å². The third kappa shape index (κ3) is 3.82. The van der Waals surface area contributed by atoms with Gasteiger partial charge in [-0.25, -0.2) is 9.97 Å². The average molecular weight is 270 g/mol. The number of methoxy groups -OCH3 is 1. The molecule has 2 heterocycles. The van der Waals surface area contributed by atoms with Gasteiger partial charge >= 0.3 is 0 Å². The minimum atomic E-state index is 0.591. The quantitative estimate of drug-likeness (QED) is 0.771. The lowest BCUT2D eigenvalue weighted by Gasteiger charge is -2.31. The molecule has 0 bridgehead atoms. The summed E-state index contributed by atoms with van der Waals surface area (Å²) in [4.78, 5) is 10.8. The SMILES string of the molecule is COCCCC1CCN(c2ncc(Cl)cn2)CC1. The summed E-state index contributed by atoms with van der Waals surface area (Å²) in [7, 11) is 1.76. The largest absolute Gasteiger partial charge is 0.385 e. The van der Waals surface area contributed by atoms with Crippen LogP contribution in [0.25, 0.3) is 0 Å². The first-order valence-corrected chi connectivity index (χ1v) is 6.89. The maximum Gasteiger partial charge on any atom is 0.225 e. The number of anilines is 1. The van der Waals surface area contributed by atoms with E-state index in [9.17, 15) is 0 Å². The summed E-state index contributed by atoms with van der Waals surface area (Å²) in [5.74, 6) is 1.62. The highest BCUT2D eigenvalue weighted by atomic mass is 35.5. The Bertz CT molecular complexity index is 350. The number of piperidine rings is 1. The van der Waals surface area contributed by atoms with Gasteiger partial charge in [0.15, 0.2) is 0 Å². The number of rotatable bonds is 5. The molecule has 0 saturated carbocycles. The lowest BCUT2D eigenvalue weighted by atomic mass is 9.92. The number of nitrogens with zero attached hydrogens (tertiary/aromatic N) is 3. The fraction of sp³-hybridized carbons (Fsp3) is 0.692. The molecular weight excluding hydrogens is 250 g/mol. The highest BCUT2D eigenvalue weighted by Gasteiger charge is 2.20. The molecule has 0 spiro atoms. The van der Waals surface area contributed by atoms with E-state index < -0.39 is 0 Å². The van der Waals surface area contributed by atoms with E-state index >= 15 is 0 Å². The monoisotopic (exact) mass is 269 g/mol. The van der Waals surface area contributed by atoms with Gasteiger partial charge in [-0.05, 0) is 31.6 Å². The van der Waals surface area contributed by atoms with E-state index in [4.69, 9.17) is 16.3 Å². The van der Waals surface area contributed by atoms with Crippen molar-refractivity contribution in [2.45, 2.75) is 25.7 Å². The Morgan fingerprint density at radius 3 is 2.61 bits per heavy atom. The van der Waals surface area contributed by atoms with Gasteiger partial charge in [0.2, 0.25) is 5.95 Å². The molecule has 0 aliphatic carbocycles. The predicted molar refractivity (Wildman–Crippen MR) is 73.1 cm³/mol. The van der Waals surface area contributed by atoms with Gasteiger partial charge in [0.1, 0.15) is 0 Å². The van der Waals surface area contributed by atoms with E-state index in [1.165, 1.54) is 25.7 Å². The molecule has 0 unspecified atom stereocenters. The third-order valence-electron chi connectivity index (χ3n) is 3.46. The van der Waals surface area contributed by atoms with Crippen LogP contribution in [0.3, 0.4) is 0 Å². The lowest BCUT2D eigenvalue weighted by Crippen LogP contribution is -2.34. The van der Waals surface area contributed by atoms with Crippen molar-refractivity contribution in [3.05, 3.63) is 17.4 Å². The summed E-state index contributed by atoms with van der Waals surface area (Å²) >= 11 is 5.79. The molecule has 0 aromatic carbocycles. The highest BCUT2D eigenvalue weighted by molar-refractivity contribution is 6.30. The minimum absolute atomic E-state index is 0.591. The highest BCUT2D eigenvalue weighted by Crippen LogP contribution is 2.24. The van der Waals surface area contributed by atoms with E-state index in [1.54, 1.807) is 19.5 Å². The Hall–Kier alpha value is -0.870. The Kier molecular flexibility index (Phi) is 5.20. The van der Waals surface area contributed by atoms with E-state index in [0.29, 0.717) is 5.02 Å². The van der Waals surface area contributed by atoms with Gasteiger partial charge in [-0.15, -0.1) is 0 Å². The van der Waals surface area contributed by atoms with Crippen LogP contribution in [0.5, 0.6) is 0 Å². The molecule has 18 heavy (non-hydrogen) atoms. The van der Waals surface area contributed by atoms with Crippen molar-refractivity contribution in [1.29, 1.82) is 0 Å². The van der Waals surface area contributed by atoms with E-state index in [-0.39, 0.29) is 0 Å². The van der Waals surface area contributed by atoms with Crippen molar-refractivity contribution >= 4 is 17.5 Å². The fourth-order valence-electron chi connectivity index (χ4n) is 2.41. The molecule has 1 fully saturated rings. The first kappa shape index (κ1) is 13.6. The maximum absolute atomic E-state index is 5.79. The van der Waals surface area contributed by atoms with Crippen LogP contribution >= 0.6 is 11.6 Å². The number of ether oxygens (including phenoxy) is 1.